The van der Waals surface area contributed by atoms with E-state index in [0.29, 0.717) is 17.3 Å². The molecule has 0 aliphatic carbocycles. The lowest BCUT2D eigenvalue weighted by Crippen LogP contribution is -2.23. The summed E-state index contributed by atoms with van der Waals surface area (Å²) in [5, 5.41) is 8.48. The Balaban J connectivity index is 1.62. The normalized spacial score (nSPS) is 10.9. The first-order valence-electron chi connectivity index (χ1n) is 9.52. The van der Waals surface area contributed by atoms with Crippen LogP contribution in [0.4, 0.5) is 0 Å². The van der Waals surface area contributed by atoms with E-state index in [9.17, 15) is 4.79 Å². The lowest BCUT2D eigenvalue weighted by molar-refractivity contribution is 0.302. The molecule has 4 rings (SSSR count). The SMILES string of the molecule is Cc1cc(-c2ccccc2Cl)ccc1OCc1c(C)cccc1-n1nnn(C)c1=O. The van der Waals surface area contributed by atoms with Gasteiger partial charge >= 0.3 is 5.69 Å². The molecule has 3 aromatic carbocycles. The van der Waals surface area contributed by atoms with Crippen LogP contribution in [-0.4, -0.2) is 19.8 Å². The van der Waals surface area contributed by atoms with Crippen molar-refractivity contribution in [3.8, 4) is 22.6 Å². The summed E-state index contributed by atoms with van der Waals surface area (Å²) in [6.45, 7) is 4.29. The zero-order chi connectivity index (χ0) is 21.3. The number of hydrogen-bond donors (Lipinski definition) is 0. The standard InChI is InChI=1S/C23H21ClN4O2/c1-15-7-6-10-21(28-23(29)27(3)25-26-28)19(15)14-30-22-12-11-17(13-16(22)2)18-8-4-5-9-20(18)24/h4-13H,14H2,1-3H3. The van der Waals surface area contributed by atoms with Crippen LogP contribution >= 0.6 is 11.6 Å². The molecule has 0 aliphatic heterocycles. The fourth-order valence-electron chi connectivity index (χ4n) is 3.36. The van der Waals surface area contributed by atoms with Crippen LogP contribution < -0.4 is 10.4 Å². The van der Waals surface area contributed by atoms with Gasteiger partial charge in [-0.1, -0.05) is 48.0 Å². The highest BCUT2D eigenvalue weighted by Crippen LogP contribution is 2.31. The third-order valence-electron chi connectivity index (χ3n) is 5.07. The van der Waals surface area contributed by atoms with Gasteiger partial charge in [0.15, 0.2) is 0 Å². The molecule has 0 bridgehead atoms. The van der Waals surface area contributed by atoms with Crippen molar-refractivity contribution in [2.24, 2.45) is 7.05 Å². The molecular weight excluding hydrogens is 400 g/mol. The van der Waals surface area contributed by atoms with Crippen LogP contribution in [0.3, 0.4) is 0 Å². The summed E-state index contributed by atoms with van der Waals surface area (Å²) in [5.74, 6) is 0.770. The molecule has 0 saturated carbocycles. The highest BCUT2D eigenvalue weighted by atomic mass is 35.5. The number of ether oxygens (including phenoxy) is 1. The van der Waals surface area contributed by atoms with Crippen molar-refractivity contribution in [1.82, 2.24) is 19.8 Å². The van der Waals surface area contributed by atoms with E-state index in [1.54, 1.807) is 7.05 Å². The topological polar surface area (TPSA) is 61.9 Å². The van der Waals surface area contributed by atoms with Gasteiger partial charge in [-0.25, -0.2) is 4.79 Å². The first-order chi connectivity index (χ1) is 14.5. The van der Waals surface area contributed by atoms with E-state index in [4.69, 9.17) is 16.3 Å². The third-order valence-corrected chi connectivity index (χ3v) is 5.40. The van der Waals surface area contributed by atoms with E-state index in [2.05, 4.69) is 16.5 Å². The number of halogens is 1. The molecule has 30 heavy (non-hydrogen) atoms. The van der Waals surface area contributed by atoms with Crippen molar-refractivity contribution >= 4 is 11.6 Å². The van der Waals surface area contributed by atoms with Gasteiger partial charge in [0.2, 0.25) is 0 Å². The second-order valence-electron chi connectivity index (χ2n) is 7.12. The molecule has 7 heteroatoms. The van der Waals surface area contributed by atoms with Gasteiger partial charge in [-0.3, -0.25) is 0 Å². The monoisotopic (exact) mass is 420 g/mol. The average molecular weight is 421 g/mol. The number of rotatable bonds is 5. The molecule has 0 radical (unpaired) electrons. The summed E-state index contributed by atoms with van der Waals surface area (Å²) in [4.78, 5) is 12.3. The second-order valence-corrected chi connectivity index (χ2v) is 7.53. The molecule has 0 aliphatic rings. The first kappa shape index (κ1) is 19.9. The summed E-state index contributed by atoms with van der Waals surface area (Å²) >= 11 is 6.33. The molecule has 0 atom stereocenters. The summed E-state index contributed by atoms with van der Waals surface area (Å²) < 4.78 is 8.62. The van der Waals surface area contributed by atoms with Crippen LogP contribution in [0.5, 0.6) is 5.75 Å². The first-order valence-corrected chi connectivity index (χ1v) is 9.89. The minimum absolute atomic E-state index is 0.303. The van der Waals surface area contributed by atoms with Crippen LogP contribution in [0.1, 0.15) is 16.7 Å². The number of hydrogen-bond acceptors (Lipinski definition) is 4. The summed E-state index contributed by atoms with van der Waals surface area (Å²) in [5.41, 5.74) is 5.27. The molecule has 1 heterocycles. The highest BCUT2D eigenvalue weighted by Gasteiger charge is 2.14. The Morgan fingerprint density at radius 2 is 1.77 bits per heavy atom. The Morgan fingerprint density at radius 3 is 2.47 bits per heavy atom. The number of aromatic nitrogens is 4. The molecule has 0 amide bonds. The van der Waals surface area contributed by atoms with Crippen molar-refractivity contribution in [2.45, 2.75) is 20.5 Å². The lowest BCUT2D eigenvalue weighted by Gasteiger charge is -2.15. The van der Waals surface area contributed by atoms with Crippen LogP contribution in [-0.2, 0) is 13.7 Å². The fourth-order valence-corrected chi connectivity index (χ4v) is 3.61. The van der Waals surface area contributed by atoms with E-state index >= 15 is 0 Å². The molecule has 152 valence electrons. The van der Waals surface area contributed by atoms with Crippen LogP contribution in [0.2, 0.25) is 5.02 Å². The van der Waals surface area contributed by atoms with Gasteiger partial charge in [0, 0.05) is 23.2 Å². The van der Waals surface area contributed by atoms with Crippen molar-refractivity contribution in [3.63, 3.8) is 0 Å². The number of tetrazole rings is 1. The van der Waals surface area contributed by atoms with E-state index in [1.165, 1.54) is 9.36 Å². The smallest absolute Gasteiger partial charge is 0.368 e. The zero-order valence-corrected chi connectivity index (χ0v) is 17.7. The van der Waals surface area contributed by atoms with E-state index in [1.807, 2.05) is 68.4 Å². The molecule has 0 saturated heterocycles. The quantitative estimate of drug-likeness (QED) is 0.477. The van der Waals surface area contributed by atoms with E-state index in [0.717, 1.165) is 33.6 Å². The van der Waals surface area contributed by atoms with Crippen molar-refractivity contribution < 1.29 is 4.74 Å². The minimum Gasteiger partial charge on any atom is -0.489 e. The maximum absolute atomic E-state index is 12.3. The Kier molecular flexibility index (Phi) is 5.42. The predicted octanol–water partition coefficient (Wildman–Crippen LogP) is 4.48. The molecule has 0 fully saturated rings. The van der Waals surface area contributed by atoms with Crippen molar-refractivity contribution in [3.05, 3.63) is 92.9 Å². The maximum Gasteiger partial charge on any atom is 0.368 e. The van der Waals surface area contributed by atoms with Crippen LogP contribution in [0, 0.1) is 13.8 Å². The lowest BCUT2D eigenvalue weighted by atomic mass is 10.0. The third kappa shape index (κ3) is 3.74. The number of nitrogens with zero attached hydrogens (tertiary/aromatic N) is 4. The second kappa shape index (κ2) is 8.16. The van der Waals surface area contributed by atoms with Crippen LogP contribution in [0.15, 0.2) is 65.5 Å². The maximum atomic E-state index is 12.3. The van der Waals surface area contributed by atoms with Gasteiger partial charge < -0.3 is 4.74 Å². The predicted molar refractivity (Wildman–Crippen MR) is 117 cm³/mol. The van der Waals surface area contributed by atoms with Gasteiger partial charge in [0.1, 0.15) is 12.4 Å². The Labute approximate surface area is 179 Å². The van der Waals surface area contributed by atoms with Gasteiger partial charge in [0.25, 0.3) is 0 Å². The number of benzene rings is 3. The van der Waals surface area contributed by atoms with E-state index < -0.39 is 0 Å². The highest BCUT2D eigenvalue weighted by molar-refractivity contribution is 6.33. The summed E-state index contributed by atoms with van der Waals surface area (Å²) in [6.07, 6.45) is 0. The summed E-state index contributed by atoms with van der Waals surface area (Å²) in [7, 11) is 1.57. The van der Waals surface area contributed by atoms with Gasteiger partial charge in [-0.2, -0.15) is 9.36 Å². The van der Waals surface area contributed by atoms with Crippen molar-refractivity contribution in [2.75, 3.05) is 0 Å². The molecule has 4 aromatic rings. The minimum atomic E-state index is -0.304. The van der Waals surface area contributed by atoms with Crippen molar-refractivity contribution in [1.29, 1.82) is 0 Å². The fraction of sp³-hybridized carbons (Fsp3) is 0.174. The Morgan fingerprint density at radius 1 is 0.967 bits per heavy atom. The molecule has 6 nitrogen and oxygen atoms in total. The largest absolute Gasteiger partial charge is 0.489 e. The summed E-state index contributed by atoms with van der Waals surface area (Å²) in [6, 6.07) is 19.5. The van der Waals surface area contributed by atoms with E-state index in [-0.39, 0.29) is 5.69 Å². The molecule has 1 aromatic heterocycles. The average Bonchev–Trinajstić information content (AvgIpc) is 3.06. The Hall–Kier alpha value is -3.38. The Bertz CT molecular complexity index is 1280. The number of aryl methyl sites for hydroxylation is 3. The van der Waals surface area contributed by atoms with Crippen LogP contribution in [0.25, 0.3) is 16.8 Å². The molecule has 0 N–H and O–H groups in total. The molecular formula is C23H21ClN4O2. The molecule has 0 spiro atoms. The molecule has 0 unspecified atom stereocenters. The zero-order valence-electron chi connectivity index (χ0n) is 17.0. The van der Waals surface area contributed by atoms with Gasteiger partial charge in [0.05, 0.1) is 5.69 Å². The van der Waals surface area contributed by atoms with Gasteiger partial charge in [-0.15, -0.1) is 0 Å². The van der Waals surface area contributed by atoms with Gasteiger partial charge in [-0.05, 0) is 65.2 Å².